The van der Waals surface area contributed by atoms with Crippen molar-refractivity contribution in [2.45, 2.75) is 92.4 Å². The van der Waals surface area contributed by atoms with Gasteiger partial charge < -0.3 is 9.84 Å². The number of aryl methyl sites for hydroxylation is 1. The summed E-state index contributed by atoms with van der Waals surface area (Å²) < 4.78 is 5.50. The van der Waals surface area contributed by atoms with E-state index in [4.69, 9.17) is 4.74 Å². The maximum Gasteiger partial charge on any atom is 0.306 e. The third kappa shape index (κ3) is 6.34. The number of ether oxygens (including phenoxy) is 1. The predicted octanol–water partition coefficient (Wildman–Crippen LogP) is 6.00. The van der Waals surface area contributed by atoms with E-state index in [0.717, 1.165) is 35.1 Å². The highest BCUT2D eigenvalue weighted by Gasteiger charge is 2.22. The summed E-state index contributed by atoms with van der Waals surface area (Å²) in [5, 5.41) is 10.6. The summed E-state index contributed by atoms with van der Waals surface area (Å²) >= 11 is 0. The smallest absolute Gasteiger partial charge is 0.306 e. The Labute approximate surface area is 160 Å². The first-order chi connectivity index (χ1) is 12.1. The summed E-state index contributed by atoms with van der Waals surface area (Å²) in [5.41, 5.74) is 3.93. The second-order valence-electron chi connectivity index (χ2n) is 8.54. The molecule has 0 amide bonds. The number of esters is 1. The molecule has 26 heavy (non-hydrogen) atoms. The van der Waals surface area contributed by atoms with Gasteiger partial charge in [0.1, 0.15) is 5.75 Å². The van der Waals surface area contributed by atoms with E-state index in [2.05, 4.69) is 47.6 Å². The molecular formula is C23H38O3. The number of aromatic hydroxyl groups is 1. The summed E-state index contributed by atoms with van der Waals surface area (Å²) in [7, 11) is 0. The van der Waals surface area contributed by atoms with Crippen molar-refractivity contribution in [3.05, 3.63) is 28.3 Å². The lowest BCUT2D eigenvalue weighted by atomic mass is 9.82. The zero-order chi connectivity index (χ0) is 19.9. The third-order valence-electron chi connectivity index (χ3n) is 5.31. The van der Waals surface area contributed by atoms with Crippen LogP contribution < -0.4 is 0 Å². The van der Waals surface area contributed by atoms with E-state index in [1.54, 1.807) is 0 Å². The van der Waals surface area contributed by atoms with Crippen LogP contribution in [0.25, 0.3) is 0 Å². The number of carbonyl (C=O) groups excluding carboxylic acids is 1. The van der Waals surface area contributed by atoms with Gasteiger partial charge in [-0.25, -0.2) is 0 Å². The number of carbonyl (C=O) groups is 1. The van der Waals surface area contributed by atoms with E-state index in [-0.39, 0.29) is 11.4 Å². The summed E-state index contributed by atoms with van der Waals surface area (Å²) in [6.07, 6.45) is 5.51. The van der Waals surface area contributed by atoms with Crippen molar-refractivity contribution in [3.63, 3.8) is 0 Å². The largest absolute Gasteiger partial charge is 0.507 e. The highest BCUT2D eigenvalue weighted by Crippen LogP contribution is 2.36. The maximum atomic E-state index is 12.2. The van der Waals surface area contributed by atoms with Crippen LogP contribution in [0.2, 0.25) is 0 Å². The monoisotopic (exact) mass is 362 g/mol. The SMILES string of the molecule is CCCCC(CC)COC(=O)CCc1c(C)cc(C(C)(C)C)c(O)c1C. The molecule has 1 atom stereocenters. The lowest BCUT2D eigenvalue weighted by Gasteiger charge is -2.24. The Morgan fingerprint density at radius 1 is 1.23 bits per heavy atom. The maximum absolute atomic E-state index is 12.2. The van der Waals surface area contributed by atoms with E-state index >= 15 is 0 Å². The van der Waals surface area contributed by atoms with Gasteiger partial charge in [0.05, 0.1) is 6.61 Å². The predicted molar refractivity (Wildman–Crippen MR) is 109 cm³/mol. The molecule has 0 aliphatic carbocycles. The molecule has 1 unspecified atom stereocenters. The Hall–Kier alpha value is -1.51. The normalized spacial score (nSPS) is 12.9. The quantitative estimate of drug-likeness (QED) is 0.548. The first-order valence-corrected chi connectivity index (χ1v) is 10.1. The van der Waals surface area contributed by atoms with E-state index in [1.165, 1.54) is 12.8 Å². The van der Waals surface area contributed by atoms with Crippen LogP contribution >= 0.6 is 0 Å². The highest BCUT2D eigenvalue weighted by atomic mass is 16.5. The Morgan fingerprint density at radius 3 is 2.42 bits per heavy atom. The molecule has 1 rings (SSSR count). The molecule has 0 saturated carbocycles. The zero-order valence-electron chi connectivity index (χ0n) is 17.9. The number of rotatable bonds is 9. The van der Waals surface area contributed by atoms with Gasteiger partial charge in [-0.2, -0.15) is 0 Å². The lowest BCUT2D eigenvalue weighted by molar-refractivity contribution is -0.145. The molecule has 148 valence electrons. The molecular weight excluding hydrogens is 324 g/mol. The molecule has 1 aromatic rings. The van der Waals surface area contributed by atoms with Gasteiger partial charge in [-0.15, -0.1) is 0 Å². The Morgan fingerprint density at radius 2 is 1.88 bits per heavy atom. The molecule has 0 heterocycles. The van der Waals surface area contributed by atoms with Gasteiger partial charge in [0.2, 0.25) is 0 Å². The summed E-state index contributed by atoms with van der Waals surface area (Å²) in [4.78, 5) is 12.2. The Bertz CT molecular complexity index is 596. The first kappa shape index (κ1) is 22.5. The van der Waals surface area contributed by atoms with Crippen LogP contribution in [0, 0.1) is 19.8 Å². The van der Waals surface area contributed by atoms with Crippen LogP contribution in [0.5, 0.6) is 5.75 Å². The molecule has 3 heteroatoms. The molecule has 0 spiro atoms. The van der Waals surface area contributed by atoms with Crippen LogP contribution in [0.3, 0.4) is 0 Å². The fourth-order valence-electron chi connectivity index (χ4n) is 3.38. The van der Waals surface area contributed by atoms with Gasteiger partial charge in [-0.1, -0.05) is 59.9 Å². The van der Waals surface area contributed by atoms with Crippen LogP contribution in [0.1, 0.15) is 89.0 Å². The molecule has 1 N–H and O–H groups in total. The number of phenolic OH excluding ortho intramolecular Hbond substituents is 1. The average Bonchev–Trinajstić information content (AvgIpc) is 2.57. The lowest BCUT2D eigenvalue weighted by Crippen LogP contribution is -2.15. The van der Waals surface area contributed by atoms with E-state index < -0.39 is 0 Å². The molecule has 3 nitrogen and oxygen atoms in total. The van der Waals surface area contributed by atoms with Crippen LogP contribution in [0.4, 0.5) is 0 Å². The van der Waals surface area contributed by atoms with Gasteiger partial charge in [-0.05, 0) is 60.3 Å². The summed E-state index contributed by atoms with van der Waals surface area (Å²) in [6, 6.07) is 2.06. The summed E-state index contributed by atoms with van der Waals surface area (Å²) in [5.74, 6) is 0.688. The number of benzene rings is 1. The van der Waals surface area contributed by atoms with Crippen molar-refractivity contribution >= 4 is 5.97 Å². The average molecular weight is 363 g/mol. The van der Waals surface area contributed by atoms with Crippen LogP contribution in [0.15, 0.2) is 6.07 Å². The summed E-state index contributed by atoms with van der Waals surface area (Å²) in [6.45, 7) is 15.2. The molecule has 0 saturated heterocycles. The first-order valence-electron chi connectivity index (χ1n) is 10.1. The minimum atomic E-state index is -0.141. The second-order valence-corrected chi connectivity index (χ2v) is 8.54. The van der Waals surface area contributed by atoms with Crippen LogP contribution in [-0.4, -0.2) is 17.7 Å². The van der Waals surface area contributed by atoms with Crippen molar-refractivity contribution in [2.75, 3.05) is 6.61 Å². The Kier molecular flexibility index (Phi) is 8.66. The number of phenols is 1. The second kappa shape index (κ2) is 9.99. The molecule has 0 bridgehead atoms. The van der Waals surface area contributed by atoms with Crippen molar-refractivity contribution in [2.24, 2.45) is 5.92 Å². The number of hydrogen-bond acceptors (Lipinski definition) is 3. The standard InChI is InChI=1S/C23H38O3/c1-8-10-11-18(9-2)15-26-21(24)13-12-19-16(3)14-20(23(5,6)7)22(25)17(19)4/h14,18,25H,8-13,15H2,1-7H3. The fraction of sp³-hybridized carbons (Fsp3) is 0.696. The van der Waals surface area contributed by atoms with Gasteiger partial charge in [0.15, 0.2) is 0 Å². The molecule has 0 radical (unpaired) electrons. The third-order valence-corrected chi connectivity index (χ3v) is 5.31. The highest BCUT2D eigenvalue weighted by molar-refractivity contribution is 5.70. The molecule has 1 aromatic carbocycles. The van der Waals surface area contributed by atoms with Gasteiger partial charge in [-0.3, -0.25) is 4.79 Å². The number of hydrogen-bond donors (Lipinski definition) is 1. The van der Waals surface area contributed by atoms with Crippen molar-refractivity contribution in [3.8, 4) is 5.75 Å². The molecule has 0 aliphatic rings. The van der Waals surface area contributed by atoms with Crippen LogP contribution in [-0.2, 0) is 21.4 Å². The molecule has 0 aliphatic heterocycles. The van der Waals surface area contributed by atoms with Crippen molar-refractivity contribution in [1.82, 2.24) is 0 Å². The Balaban J connectivity index is 2.70. The van der Waals surface area contributed by atoms with Gasteiger partial charge >= 0.3 is 5.97 Å². The molecule has 0 fully saturated rings. The minimum absolute atomic E-state index is 0.106. The molecule has 0 aromatic heterocycles. The van der Waals surface area contributed by atoms with E-state index in [1.807, 2.05) is 6.92 Å². The fourth-order valence-corrected chi connectivity index (χ4v) is 3.38. The van der Waals surface area contributed by atoms with Gasteiger partial charge in [0.25, 0.3) is 0 Å². The topological polar surface area (TPSA) is 46.5 Å². The zero-order valence-corrected chi connectivity index (χ0v) is 17.9. The van der Waals surface area contributed by atoms with Crippen molar-refractivity contribution in [1.29, 1.82) is 0 Å². The number of unbranched alkanes of at least 4 members (excludes halogenated alkanes) is 1. The minimum Gasteiger partial charge on any atom is -0.507 e. The van der Waals surface area contributed by atoms with E-state index in [9.17, 15) is 9.90 Å². The van der Waals surface area contributed by atoms with E-state index in [0.29, 0.717) is 31.1 Å². The van der Waals surface area contributed by atoms with Crippen molar-refractivity contribution < 1.29 is 14.6 Å². The van der Waals surface area contributed by atoms with Gasteiger partial charge in [0, 0.05) is 6.42 Å².